The molecular formula is C21H37Cl2N3O. The van der Waals surface area contributed by atoms with Gasteiger partial charge in [-0.3, -0.25) is 9.69 Å². The molecule has 4 nitrogen and oxygen atoms in total. The number of hydrogen-bond acceptors (Lipinski definition) is 3. The third-order valence-electron chi connectivity index (χ3n) is 6.05. The molecule has 27 heavy (non-hydrogen) atoms. The zero-order valence-electron chi connectivity index (χ0n) is 17.0. The second kappa shape index (κ2) is 12.6. The van der Waals surface area contributed by atoms with Gasteiger partial charge >= 0.3 is 0 Å². The van der Waals surface area contributed by atoms with E-state index in [1.165, 1.54) is 37.1 Å². The van der Waals surface area contributed by atoms with Gasteiger partial charge in [-0.15, -0.1) is 24.8 Å². The Balaban J connectivity index is 0.00000338. The van der Waals surface area contributed by atoms with Crippen LogP contribution in [-0.4, -0.2) is 30.4 Å². The van der Waals surface area contributed by atoms with E-state index in [2.05, 4.69) is 41.4 Å². The number of carbonyl (C=O) groups excluding carboxylic acids is 1. The van der Waals surface area contributed by atoms with Crippen molar-refractivity contribution in [2.24, 2.45) is 17.1 Å². The van der Waals surface area contributed by atoms with E-state index in [9.17, 15) is 4.79 Å². The van der Waals surface area contributed by atoms with Crippen molar-refractivity contribution < 1.29 is 4.79 Å². The van der Waals surface area contributed by atoms with Crippen LogP contribution in [0.2, 0.25) is 0 Å². The van der Waals surface area contributed by atoms with Crippen LogP contribution in [-0.2, 0) is 17.9 Å². The maximum absolute atomic E-state index is 12.7. The van der Waals surface area contributed by atoms with Gasteiger partial charge in [0.2, 0.25) is 5.91 Å². The van der Waals surface area contributed by atoms with Crippen molar-refractivity contribution >= 4 is 30.7 Å². The molecule has 1 aromatic carbocycles. The summed E-state index contributed by atoms with van der Waals surface area (Å²) in [5.41, 5.74) is 8.00. The molecule has 6 heteroatoms. The topological polar surface area (TPSA) is 58.4 Å². The number of benzene rings is 1. The summed E-state index contributed by atoms with van der Waals surface area (Å²) in [5.74, 6) is 0.930. The second-order valence-corrected chi connectivity index (χ2v) is 7.60. The lowest BCUT2D eigenvalue weighted by Gasteiger charge is -2.31. The quantitative estimate of drug-likeness (QED) is 0.667. The zero-order valence-corrected chi connectivity index (χ0v) is 18.6. The first-order valence-electron chi connectivity index (χ1n) is 9.82. The molecule has 156 valence electrons. The molecule has 3 N–H and O–H groups in total. The summed E-state index contributed by atoms with van der Waals surface area (Å²) in [5, 5.41) is 3.14. The molecule has 1 aromatic rings. The maximum atomic E-state index is 12.7. The van der Waals surface area contributed by atoms with Crippen LogP contribution >= 0.6 is 24.8 Å². The molecular weight excluding hydrogens is 381 g/mol. The van der Waals surface area contributed by atoms with Gasteiger partial charge in [0.1, 0.15) is 0 Å². The first-order valence-corrected chi connectivity index (χ1v) is 9.82. The highest BCUT2D eigenvalue weighted by Gasteiger charge is 2.33. The highest BCUT2D eigenvalue weighted by atomic mass is 35.5. The van der Waals surface area contributed by atoms with Gasteiger partial charge in [0.05, 0.1) is 5.41 Å². The normalized spacial score (nSPS) is 15.6. The van der Waals surface area contributed by atoms with Crippen LogP contribution < -0.4 is 11.1 Å². The minimum absolute atomic E-state index is 0. The number of nitrogens with two attached hydrogens (primary N) is 1. The van der Waals surface area contributed by atoms with Crippen LogP contribution in [0.1, 0.15) is 57.6 Å². The highest BCUT2D eigenvalue weighted by Crippen LogP contribution is 2.25. The van der Waals surface area contributed by atoms with Crippen LogP contribution in [0.25, 0.3) is 0 Å². The Labute approximate surface area is 177 Å². The van der Waals surface area contributed by atoms with Crippen molar-refractivity contribution in [3.05, 3.63) is 35.4 Å². The smallest absolute Gasteiger partial charge is 0.227 e. The summed E-state index contributed by atoms with van der Waals surface area (Å²) in [7, 11) is 0. The molecule has 0 atom stereocenters. The van der Waals surface area contributed by atoms with Crippen molar-refractivity contribution in [2.75, 3.05) is 19.6 Å². The SMILES string of the molecule is CCC(CC)(CN)C(=O)NCc1ccccc1CN1CCC(C)CC1.Cl.Cl. The Morgan fingerprint density at radius 1 is 1.15 bits per heavy atom. The largest absolute Gasteiger partial charge is 0.351 e. The highest BCUT2D eigenvalue weighted by molar-refractivity contribution is 5.85. The van der Waals surface area contributed by atoms with Gasteiger partial charge in [0.25, 0.3) is 0 Å². The lowest BCUT2D eigenvalue weighted by atomic mass is 9.81. The van der Waals surface area contributed by atoms with Crippen LogP contribution in [0.5, 0.6) is 0 Å². The summed E-state index contributed by atoms with van der Waals surface area (Å²) >= 11 is 0. The average molecular weight is 418 g/mol. The number of rotatable bonds is 8. The molecule has 1 saturated heterocycles. The van der Waals surface area contributed by atoms with Gasteiger partial charge in [-0.1, -0.05) is 45.0 Å². The fraction of sp³-hybridized carbons (Fsp3) is 0.667. The Bertz CT molecular complexity index is 548. The van der Waals surface area contributed by atoms with Gasteiger partial charge in [0, 0.05) is 19.6 Å². The number of likely N-dealkylation sites (tertiary alicyclic amines) is 1. The number of carbonyl (C=O) groups is 1. The van der Waals surface area contributed by atoms with Crippen molar-refractivity contribution in [3.8, 4) is 0 Å². The second-order valence-electron chi connectivity index (χ2n) is 7.60. The van der Waals surface area contributed by atoms with Crippen molar-refractivity contribution in [2.45, 2.75) is 59.5 Å². The molecule has 0 spiro atoms. The number of nitrogens with zero attached hydrogens (tertiary/aromatic N) is 1. The summed E-state index contributed by atoms with van der Waals surface area (Å²) in [6, 6.07) is 8.47. The lowest BCUT2D eigenvalue weighted by molar-refractivity contribution is -0.131. The lowest BCUT2D eigenvalue weighted by Crippen LogP contribution is -2.45. The van der Waals surface area contributed by atoms with E-state index in [4.69, 9.17) is 5.73 Å². The van der Waals surface area contributed by atoms with Crippen LogP contribution in [0, 0.1) is 11.3 Å². The molecule has 0 radical (unpaired) electrons. The first-order chi connectivity index (χ1) is 12.0. The Hall–Kier alpha value is -0.810. The van der Waals surface area contributed by atoms with E-state index in [1.54, 1.807) is 0 Å². The zero-order chi connectivity index (χ0) is 18.3. The molecule has 1 aliphatic heterocycles. The number of amides is 1. The standard InChI is InChI=1S/C21H35N3O.2ClH/c1-4-21(5-2,16-22)20(25)23-14-18-8-6-7-9-19(18)15-24-12-10-17(3)11-13-24;;/h6-9,17H,4-5,10-16,22H2,1-3H3,(H,23,25);2*1H. The van der Waals surface area contributed by atoms with Gasteiger partial charge in [-0.05, 0) is 55.8 Å². The molecule has 0 bridgehead atoms. The molecule has 0 saturated carbocycles. The molecule has 0 aliphatic carbocycles. The minimum Gasteiger partial charge on any atom is -0.351 e. The van der Waals surface area contributed by atoms with Crippen LogP contribution in [0.15, 0.2) is 24.3 Å². The Kier molecular flexibility index (Phi) is 12.2. The molecule has 1 aliphatic rings. The minimum atomic E-state index is -0.433. The van der Waals surface area contributed by atoms with Gasteiger partial charge in [-0.2, -0.15) is 0 Å². The summed E-state index contributed by atoms with van der Waals surface area (Å²) < 4.78 is 0. The van der Waals surface area contributed by atoms with Crippen molar-refractivity contribution in [3.63, 3.8) is 0 Å². The van der Waals surface area contributed by atoms with E-state index in [-0.39, 0.29) is 30.7 Å². The van der Waals surface area contributed by atoms with E-state index in [0.717, 1.165) is 25.3 Å². The summed E-state index contributed by atoms with van der Waals surface area (Å²) in [6.45, 7) is 10.7. The maximum Gasteiger partial charge on any atom is 0.227 e. The van der Waals surface area contributed by atoms with Gasteiger partial charge < -0.3 is 11.1 Å². The number of piperidine rings is 1. The molecule has 0 aromatic heterocycles. The predicted octanol–water partition coefficient (Wildman–Crippen LogP) is 4.14. The molecule has 1 heterocycles. The number of nitrogens with one attached hydrogen (secondary N) is 1. The summed E-state index contributed by atoms with van der Waals surface area (Å²) in [6.07, 6.45) is 4.12. The third-order valence-corrected chi connectivity index (χ3v) is 6.05. The fourth-order valence-corrected chi connectivity index (χ4v) is 3.66. The molecule has 0 unspecified atom stereocenters. The molecule has 2 rings (SSSR count). The number of hydrogen-bond donors (Lipinski definition) is 2. The fourth-order valence-electron chi connectivity index (χ4n) is 3.66. The van der Waals surface area contributed by atoms with Crippen LogP contribution in [0.3, 0.4) is 0 Å². The monoisotopic (exact) mass is 417 g/mol. The molecule has 1 fully saturated rings. The number of halogens is 2. The average Bonchev–Trinajstić information content (AvgIpc) is 2.65. The van der Waals surface area contributed by atoms with Gasteiger partial charge in [0.15, 0.2) is 0 Å². The third kappa shape index (κ3) is 6.94. The Morgan fingerprint density at radius 3 is 2.22 bits per heavy atom. The van der Waals surface area contributed by atoms with Crippen molar-refractivity contribution in [1.29, 1.82) is 0 Å². The van der Waals surface area contributed by atoms with E-state index in [0.29, 0.717) is 13.1 Å². The molecule has 1 amide bonds. The van der Waals surface area contributed by atoms with E-state index in [1.807, 2.05) is 13.8 Å². The van der Waals surface area contributed by atoms with E-state index < -0.39 is 5.41 Å². The first kappa shape index (κ1) is 26.2. The Morgan fingerprint density at radius 2 is 1.70 bits per heavy atom. The van der Waals surface area contributed by atoms with E-state index >= 15 is 0 Å². The van der Waals surface area contributed by atoms with Crippen molar-refractivity contribution in [1.82, 2.24) is 10.2 Å². The van der Waals surface area contributed by atoms with Gasteiger partial charge in [-0.25, -0.2) is 0 Å². The van der Waals surface area contributed by atoms with Crippen LogP contribution in [0.4, 0.5) is 0 Å². The predicted molar refractivity (Wildman–Crippen MR) is 119 cm³/mol. The summed E-state index contributed by atoms with van der Waals surface area (Å²) in [4.78, 5) is 15.2.